The van der Waals surface area contributed by atoms with Gasteiger partial charge in [0, 0.05) is 25.7 Å². The van der Waals surface area contributed by atoms with Gasteiger partial charge in [0.1, 0.15) is 5.75 Å². The number of aliphatic hydroxyl groups is 1. The Balaban J connectivity index is 2.02. The molecule has 146 valence electrons. The SMILES string of the molecule is CCNC(=NCC(O)c1cccc(OC)c1)N1CCC(N(CC)CC)C1. The first-order valence-electron chi connectivity index (χ1n) is 9.72. The van der Waals surface area contributed by atoms with Crippen molar-refractivity contribution in [3.8, 4) is 5.75 Å². The molecule has 0 bridgehead atoms. The van der Waals surface area contributed by atoms with E-state index < -0.39 is 6.10 Å². The molecule has 0 radical (unpaired) electrons. The van der Waals surface area contributed by atoms with Crippen LogP contribution in [0.25, 0.3) is 0 Å². The maximum atomic E-state index is 10.5. The van der Waals surface area contributed by atoms with Gasteiger partial charge in [0.05, 0.1) is 19.8 Å². The fourth-order valence-corrected chi connectivity index (χ4v) is 3.53. The molecule has 1 heterocycles. The number of aliphatic hydroxyl groups excluding tert-OH is 1. The van der Waals surface area contributed by atoms with E-state index in [0.29, 0.717) is 12.6 Å². The fraction of sp³-hybridized carbons (Fsp3) is 0.650. The smallest absolute Gasteiger partial charge is 0.194 e. The third kappa shape index (κ3) is 5.35. The van der Waals surface area contributed by atoms with Gasteiger partial charge in [-0.25, -0.2) is 0 Å². The van der Waals surface area contributed by atoms with Crippen molar-refractivity contribution in [3.63, 3.8) is 0 Å². The maximum Gasteiger partial charge on any atom is 0.194 e. The largest absolute Gasteiger partial charge is 0.497 e. The van der Waals surface area contributed by atoms with Crippen LogP contribution in [0.3, 0.4) is 0 Å². The number of likely N-dealkylation sites (tertiary alicyclic amines) is 1. The number of rotatable bonds is 8. The number of nitrogens with zero attached hydrogens (tertiary/aromatic N) is 3. The zero-order chi connectivity index (χ0) is 18.9. The first kappa shape index (κ1) is 20.5. The third-order valence-corrected chi connectivity index (χ3v) is 5.02. The van der Waals surface area contributed by atoms with Crippen molar-refractivity contribution in [1.29, 1.82) is 0 Å². The lowest BCUT2D eigenvalue weighted by Gasteiger charge is -2.27. The van der Waals surface area contributed by atoms with Crippen molar-refractivity contribution in [2.75, 3.05) is 46.4 Å². The van der Waals surface area contributed by atoms with E-state index in [2.05, 4.69) is 35.9 Å². The Labute approximate surface area is 157 Å². The molecule has 1 aromatic rings. The summed E-state index contributed by atoms with van der Waals surface area (Å²) in [7, 11) is 1.63. The van der Waals surface area contributed by atoms with Crippen LogP contribution in [0.4, 0.5) is 0 Å². The normalized spacial score (nSPS) is 19.1. The summed E-state index contributed by atoms with van der Waals surface area (Å²) in [6.07, 6.45) is 0.518. The molecule has 6 nitrogen and oxygen atoms in total. The predicted molar refractivity (Wildman–Crippen MR) is 107 cm³/mol. The van der Waals surface area contributed by atoms with Crippen LogP contribution in [-0.2, 0) is 0 Å². The molecule has 2 unspecified atom stereocenters. The minimum absolute atomic E-state index is 0.335. The van der Waals surface area contributed by atoms with E-state index in [1.54, 1.807) is 7.11 Å². The molecule has 1 aliphatic rings. The number of aliphatic imine (C=N–C) groups is 1. The maximum absolute atomic E-state index is 10.5. The minimum Gasteiger partial charge on any atom is -0.497 e. The van der Waals surface area contributed by atoms with E-state index >= 15 is 0 Å². The molecular weight excluding hydrogens is 328 g/mol. The van der Waals surface area contributed by atoms with Crippen LogP contribution in [0.5, 0.6) is 5.75 Å². The second kappa shape index (κ2) is 10.4. The summed E-state index contributed by atoms with van der Waals surface area (Å²) < 4.78 is 5.23. The van der Waals surface area contributed by atoms with E-state index in [0.717, 1.165) is 56.4 Å². The fourth-order valence-electron chi connectivity index (χ4n) is 3.53. The summed E-state index contributed by atoms with van der Waals surface area (Å²) in [5.74, 6) is 1.64. The van der Waals surface area contributed by atoms with E-state index in [9.17, 15) is 5.11 Å². The van der Waals surface area contributed by atoms with Crippen LogP contribution >= 0.6 is 0 Å². The molecule has 2 rings (SSSR count). The number of hydrogen-bond acceptors (Lipinski definition) is 4. The monoisotopic (exact) mass is 362 g/mol. The Kier molecular flexibility index (Phi) is 8.19. The van der Waals surface area contributed by atoms with Gasteiger partial charge in [0.15, 0.2) is 5.96 Å². The molecule has 6 heteroatoms. The van der Waals surface area contributed by atoms with Crippen LogP contribution in [0.2, 0.25) is 0 Å². The number of nitrogens with one attached hydrogen (secondary N) is 1. The third-order valence-electron chi connectivity index (χ3n) is 5.02. The number of guanidine groups is 1. The van der Waals surface area contributed by atoms with Gasteiger partial charge in [0.25, 0.3) is 0 Å². The van der Waals surface area contributed by atoms with Crippen molar-refractivity contribution < 1.29 is 9.84 Å². The van der Waals surface area contributed by atoms with Crippen LogP contribution in [0.15, 0.2) is 29.3 Å². The van der Waals surface area contributed by atoms with E-state index in [1.165, 1.54) is 0 Å². The molecule has 0 aliphatic carbocycles. The van der Waals surface area contributed by atoms with Crippen molar-refractivity contribution in [2.45, 2.75) is 39.3 Å². The molecule has 1 aromatic carbocycles. The van der Waals surface area contributed by atoms with Crippen molar-refractivity contribution in [3.05, 3.63) is 29.8 Å². The van der Waals surface area contributed by atoms with Crippen molar-refractivity contribution in [2.24, 2.45) is 4.99 Å². The Morgan fingerprint density at radius 1 is 1.38 bits per heavy atom. The predicted octanol–water partition coefficient (Wildman–Crippen LogP) is 2.11. The summed E-state index contributed by atoms with van der Waals surface area (Å²) in [5.41, 5.74) is 0.825. The van der Waals surface area contributed by atoms with Gasteiger partial charge in [-0.15, -0.1) is 0 Å². The standard InChI is InChI=1S/C20H34N4O2/c1-5-21-20(24-12-11-17(15-24)23(6-2)7-3)22-14-19(25)16-9-8-10-18(13-16)26-4/h8-10,13,17,19,25H,5-7,11-12,14-15H2,1-4H3,(H,21,22). The topological polar surface area (TPSA) is 60.3 Å². The van der Waals surface area contributed by atoms with Crippen molar-refractivity contribution >= 4 is 5.96 Å². The molecular formula is C20H34N4O2. The minimum atomic E-state index is -0.639. The van der Waals surface area contributed by atoms with Gasteiger partial charge >= 0.3 is 0 Å². The molecule has 26 heavy (non-hydrogen) atoms. The molecule has 2 atom stereocenters. The molecule has 0 saturated carbocycles. The molecule has 0 spiro atoms. The number of methoxy groups -OCH3 is 1. The highest BCUT2D eigenvalue weighted by Gasteiger charge is 2.28. The Morgan fingerprint density at radius 3 is 2.81 bits per heavy atom. The average Bonchev–Trinajstić information content (AvgIpc) is 3.15. The molecule has 0 amide bonds. The van der Waals surface area contributed by atoms with Gasteiger partial charge in [-0.2, -0.15) is 0 Å². The number of ether oxygens (including phenoxy) is 1. The van der Waals surface area contributed by atoms with E-state index in [-0.39, 0.29) is 0 Å². The zero-order valence-corrected chi connectivity index (χ0v) is 16.6. The Morgan fingerprint density at radius 2 is 2.15 bits per heavy atom. The Bertz CT molecular complexity index is 575. The highest BCUT2D eigenvalue weighted by atomic mass is 16.5. The summed E-state index contributed by atoms with van der Waals surface area (Å²) >= 11 is 0. The second-order valence-corrected chi connectivity index (χ2v) is 6.60. The van der Waals surface area contributed by atoms with Gasteiger partial charge in [-0.3, -0.25) is 9.89 Å². The summed E-state index contributed by atoms with van der Waals surface area (Å²) in [6, 6.07) is 8.11. The second-order valence-electron chi connectivity index (χ2n) is 6.60. The Hall–Kier alpha value is -1.79. The van der Waals surface area contributed by atoms with E-state index in [1.807, 2.05) is 24.3 Å². The van der Waals surface area contributed by atoms with Crippen LogP contribution < -0.4 is 10.1 Å². The quantitative estimate of drug-likeness (QED) is 0.548. The molecule has 0 aromatic heterocycles. The highest BCUT2D eigenvalue weighted by Crippen LogP contribution is 2.20. The van der Waals surface area contributed by atoms with Gasteiger partial charge in [0.2, 0.25) is 0 Å². The lowest BCUT2D eigenvalue weighted by atomic mass is 10.1. The highest BCUT2D eigenvalue weighted by molar-refractivity contribution is 5.80. The van der Waals surface area contributed by atoms with E-state index in [4.69, 9.17) is 9.73 Å². The van der Waals surface area contributed by atoms with Gasteiger partial charge < -0.3 is 20.1 Å². The van der Waals surface area contributed by atoms with Crippen LogP contribution in [-0.4, -0.2) is 73.3 Å². The van der Waals surface area contributed by atoms with Crippen LogP contribution in [0.1, 0.15) is 38.9 Å². The number of hydrogen-bond donors (Lipinski definition) is 2. The van der Waals surface area contributed by atoms with Crippen LogP contribution in [0, 0.1) is 0 Å². The average molecular weight is 363 g/mol. The lowest BCUT2D eigenvalue weighted by molar-refractivity contribution is 0.186. The first-order valence-corrected chi connectivity index (χ1v) is 9.72. The first-order chi connectivity index (χ1) is 12.6. The number of likely N-dealkylation sites (N-methyl/N-ethyl adjacent to an activating group) is 1. The lowest BCUT2D eigenvalue weighted by Crippen LogP contribution is -2.43. The molecule has 1 aliphatic heterocycles. The summed E-state index contributed by atoms with van der Waals surface area (Å²) in [5, 5.41) is 13.9. The molecule has 1 fully saturated rings. The summed E-state index contributed by atoms with van der Waals surface area (Å²) in [6.45, 7) is 11.8. The van der Waals surface area contributed by atoms with Crippen molar-refractivity contribution in [1.82, 2.24) is 15.1 Å². The van der Waals surface area contributed by atoms with Gasteiger partial charge in [-0.1, -0.05) is 26.0 Å². The van der Waals surface area contributed by atoms with Gasteiger partial charge in [-0.05, 0) is 44.1 Å². The summed E-state index contributed by atoms with van der Waals surface area (Å²) in [4.78, 5) is 9.51. The number of benzene rings is 1. The zero-order valence-electron chi connectivity index (χ0n) is 16.6. The molecule has 2 N–H and O–H groups in total. The molecule has 1 saturated heterocycles.